The van der Waals surface area contributed by atoms with Crippen LogP contribution in [0.1, 0.15) is 11.1 Å². The van der Waals surface area contributed by atoms with Crippen LogP contribution >= 0.6 is 0 Å². The van der Waals surface area contributed by atoms with Crippen LogP contribution in [0.5, 0.6) is 11.5 Å². The Morgan fingerprint density at radius 2 is 1.56 bits per heavy atom. The van der Waals surface area contributed by atoms with E-state index < -0.39 is 5.97 Å². The monoisotopic (exact) mass is 337 g/mol. The number of esters is 1. The van der Waals surface area contributed by atoms with Crippen molar-refractivity contribution in [2.45, 2.75) is 6.42 Å². The average Bonchev–Trinajstić information content (AvgIpc) is 2.67. The van der Waals surface area contributed by atoms with E-state index in [1.54, 1.807) is 38.5 Å². The third-order valence-corrected chi connectivity index (χ3v) is 3.55. The molecule has 0 unspecified atom stereocenters. The van der Waals surface area contributed by atoms with Crippen molar-refractivity contribution in [3.8, 4) is 17.6 Å². The molecule has 2 aromatic carbocycles. The molecule has 0 heterocycles. The van der Waals surface area contributed by atoms with Crippen molar-refractivity contribution < 1.29 is 19.0 Å². The van der Waals surface area contributed by atoms with Crippen molar-refractivity contribution in [3.63, 3.8) is 0 Å². The molecule has 0 spiro atoms. The highest BCUT2D eigenvalue weighted by atomic mass is 16.5. The number of methoxy groups -OCH3 is 2. The third-order valence-electron chi connectivity index (χ3n) is 3.55. The lowest BCUT2D eigenvalue weighted by Crippen LogP contribution is -2.09. The number of carbonyl (C=O) groups excluding carboxylic acids is 1. The second kappa shape index (κ2) is 9.14. The van der Waals surface area contributed by atoms with Gasteiger partial charge in [-0.3, -0.25) is 0 Å². The first-order valence-corrected chi connectivity index (χ1v) is 7.72. The number of hydrogen-bond acceptors (Lipinski definition) is 5. The molecule has 5 nitrogen and oxygen atoms in total. The van der Waals surface area contributed by atoms with Gasteiger partial charge in [-0.05, 0) is 41.5 Å². The average molecular weight is 337 g/mol. The van der Waals surface area contributed by atoms with E-state index in [1.165, 1.54) is 6.08 Å². The Kier molecular flexibility index (Phi) is 6.61. The van der Waals surface area contributed by atoms with E-state index in [0.29, 0.717) is 12.2 Å². The van der Waals surface area contributed by atoms with Crippen LogP contribution in [-0.4, -0.2) is 26.8 Å². The smallest absolute Gasteiger partial charge is 0.348 e. The highest BCUT2D eigenvalue weighted by Gasteiger charge is 2.10. The van der Waals surface area contributed by atoms with E-state index in [-0.39, 0.29) is 12.2 Å². The molecule has 0 radical (unpaired) electrons. The largest absolute Gasteiger partial charge is 0.497 e. The molecule has 2 rings (SSSR count). The second-order valence-electron chi connectivity index (χ2n) is 5.18. The minimum atomic E-state index is -0.633. The van der Waals surface area contributed by atoms with Gasteiger partial charge in [-0.2, -0.15) is 5.26 Å². The van der Waals surface area contributed by atoms with Crippen LogP contribution in [0.2, 0.25) is 0 Å². The van der Waals surface area contributed by atoms with Crippen molar-refractivity contribution in [2.24, 2.45) is 0 Å². The molecule has 0 N–H and O–H groups in total. The number of nitrogens with zero attached hydrogens (tertiary/aromatic N) is 1. The second-order valence-corrected chi connectivity index (χ2v) is 5.18. The van der Waals surface area contributed by atoms with Crippen LogP contribution in [-0.2, 0) is 16.0 Å². The molecule has 0 aliphatic heterocycles. The summed E-state index contributed by atoms with van der Waals surface area (Å²) in [7, 11) is 3.18. The Balaban J connectivity index is 1.92. The molecule has 128 valence electrons. The fraction of sp³-hybridized carbons (Fsp3) is 0.200. The molecule has 0 aliphatic rings. The Labute approximate surface area is 147 Å². The predicted octanol–water partition coefficient (Wildman–Crippen LogP) is 3.40. The maximum Gasteiger partial charge on any atom is 0.348 e. The Morgan fingerprint density at radius 1 is 1.00 bits per heavy atom. The summed E-state index contributed by atoms with van der Waals surface area (Å²) in [5.74, 6) is 0.847. The molecule has 0 atom stereocenters. The van der Waals surface area contributed by atoms with Crippen LogP contribution < -0.4 is 9.47 Å². The van der Waals surface area contributed by atoms with E-state index in [9.17, 15) is 10.1 Å². The van der Waals surface area contributed by atoms with Gasteiger partial charge in [0.15, 0.2) is 0 Å². The van der Waals surface area contributed by atoms with Gasteiger partial charge in [-0.1, -0.05) is 24.3 Å². The normalized spacial score (nSPS) is 10.7. The van der Waals surface area contributed by atoms with Crippen LogP contribution in [0, 0.1) is 11.3 Å². The van der Waals surface area contributed by atoms with E-state index >= 15 is 0 Å². The van der Waals surface area contributed by atoms with Crippen molar-refractivity contribution in [2.75, 3.05) is 20.8 Å². The zero-order valence-electron chi connectivity index (χ0n) is 14.2. The molecule has 25 heavy (non-hydrogen) atoms. The minimum Gasteiger partial charge on any atom is -0.497 e. The molecule has 0 saturated carbocycles. The third kappa shape index (κ3) is 5.40. The summed E-state index contributed by atoms with van der Waals surface area (Å²) in [6.45, 7) is 0.201. The van der Waals surface area contributed by atoms with Crippen molar-refractivity contribution >= 4 is 12.0 Å². The SMILES string of the molecule is COc1ccc(/C=C(\C#N)C(=O)OCCc2ccc(OC)cc2)cc1. The van der Waals surface area contributed by atoms with E-state index in [2.05, 4.69) is 0 Å². The number of benzene rings is 2. The Hall–Kier alpha value is -3.26. The van der Waals surface area contributed by atoms with Crippen LogP contribution in [0.15, 0.2) is 54.1 Å². The van der Waals surface area contributed by atoms with E-state index in [1.807, 2.05) is 30.3 Å². The first-order chi connectivity index (χ1) is 12.2. The summed E-state index contributed by atoms with van der Waals surface area (Å²) in [6.07, 6.45) is 2.06. The lowest BCUT2D eigenvalue weighted by molar-refractivity contribution is -0.138. The van der Waals surface area contributed by atoms with Gasteiger partial charge < -0.3 is 14.2 Å². The zero-order valence-corrected chi connectivity index (χ0v) is 14.2. The highest BCUT2D eigenvalue weighted by molar-refractivity contribution is 5.97. The van der Waals surface area contributed by atoms with Crippen molar-refractivity contribution in [1.29, 1.82) is 5.26 Å². The number of rotatable bonds is 7. The standard InChI is InChI=1S/C20H19NO4/c1-23-18-7-3-15(4-8-18)11-12-25-20(22)17(14-21)13-16-5-9-19(24-2)10-6-16/h3-10,13H,11-12H2,1-2H3/b17-13+. The van der Waals surface area contributed by atoms with Crippen molar-refractivity contribution in [3.05, 3.63) is 65.2 Å². The summed E-state index contributed by atoms with van der Waals surface area (Å²) in [5, 5.41) is 9.17. The quantitative estimate of drug-likeness (QED) is 0.440. The molecule has 5 heteroatoms. The van der Waals surface area contributed by atoms with Crippen LogP contribution in [0.4, 0.5) is 0 Å². The van der Waals surface area contributed by atoms with Gasteiger partial charge in [0.2, 0.25) is 0 Å². The van der Waals surface area contributed by atoms with E-state index in [4.69, 9.17) is 14.2 Å². The van der Waals surface area contributed by atoms with E-state index in [0.717, 1.165) is 16.9 Å². The number of ether oxygens (including phenoxy) is 3. The highest BCUT2D eigenvalue weighted by Crippen LogP contribution is 2.15. The molecular formula is C20H19NO4. The van der Waals surface area contributed by atoms with Crippen LogP contribution in [0.25, 0.3) is 6.08 Å². The fourth-order valence-electron chi connectivity index (χ4n) is 2.14. The van der Waals surface area contributed by atoms with Crippen LogP contribution in [0.3, 0.4) is 0 Å². The predicted molar refractivity (Wildman–Crippen MR) is 94.2 cm³/mol. The summed E-state index contributed by atoms with van der Waals surface area (Å²) in [5.41, 5.74) is 1.70. The Morgan fingerprint density at radius 3 is 2.08 bits per heavy atom. The minimum absolute atomic E-state index is 0.0418. The zero-order chi connectivity index (χ0) is 18.1. The maximum atomic E-state index is 12.0. The fourth-order valence-corrected chi connectivity index (χ4v) is 2.14. The van der Waals surface area contributed by atoms with Gasteiger partial charge in [-0.25, -0.2) is 4.79 Å². The number of hydrogen-bond donors (Lipinski definition) is 0. The lowest BCUT2D eigenvalue weighted by atomic mass is 10.1. The first-order valence-electron chi connectivity index (χ1n) is 7.72. The summed E-state index contributed by atoms with van der Waals surface area (Å²) in [4.78, 5) is 12.0. The van der Waals surface area contributed by atoms with Crippen molar-refractivity contribution in [1.82, 2.24) is 0 Å². The topological polar surface area (TPSA) is 68.5 Å². The van der Waals surface area contributed by atoms with Gasteiger partial charge in [-0.15, -0.1) is 0 Å². The molecule has 0 amide bonds. The van der Waals surface area contributed by atoms with Gasteiger partial charge in [0.25, 0.3) is 0 Å². The van der Waals surface area contributed by atoms with Gasteiger partial charge in [0.05, 0.1) is 20.8 Å². The lowest BCUT2D eigenvalue weighted by Gasteiger charge is -2.05. The molecule has 0 aromatic heterocycles. The molecule has 0 bridgehead atoms. The van der Waals surface area contributed by atoms with Gasteiger partial charge in [0, 0.05) is 6.42 Å². The molecule has 0 saturated heterocycles. The van der Waals surface area contributed by atoms with Gasteiger partial charge in [0.1, 0.15) is 23.1 Å². The van der Waals surface area contributed by atoms with Gasteiger partial charge >= 0.3 is 5.97 Å². The molecule has 0 aliphatic carbocycles. The summed E-state index contributed by atoms with van der Waals surface area (Å²) < 4.78 is 15.4. The number of carbonyl (C=O) groups is 1. The summed E-state index contributed by atoms with van der Waals surface area (Å²) in [6, 6.07) is 16.4. The molecular weight excluding hydrogens is 318 g/mol. The molecule has 0 fully saturated rings. The summed E-state index contributed by atoms with van der Waals surface area (Å²) >= 11 is 0. The number of nitriles is 1. The Bertz CT molecular complexity index is 771. The first kappa shape index (κ1) is 18.1. The maximum absolute atomic E-state index is 12.0. The molecule has 2 aromatic rings.